The van der Waals surface area contributed by atoms with Crippen molar-refractivity contribution in [3.63, 3.8) is 0 Å². The summed E-state index contributed by atoms with van der Waals surface area (Å²) in [6.07, 6.45) is 3.09. The zero-order valence-corrected chi connectivity index (χ0v) is 19.6. The fraction of sp³-hybridized carbons (Fsp3) is 0.208. The zero-order chi connectivity index (χ0) is 26.1. The number of rotatable bonds is 7. The number of hydrogen-bond donors (Lipinski definition) is 5. The molecule has 5 N–H and O–H groups in total. The number of imidazole rings is 1. The van der Waals surface area contributed by atoms with E-state index >= 15 is 0 Å². The summed E-state index contributed by atoms with van der Waals surface area (Å²) in [7, 11) is 0. The largest absolute Gasteiger partial charge is 0.493 e. The summed E-state index contributed by atoms with van der Waals surface area (Å²) >= 11 is 6.15. The third kappa shape index (κ3) is 4.68. The number of fused-ring (bicyclic) bond motifs is 1. The predicted molar refractivity (Wildman–Crippen MR) is 127 cm³/mol. The fourth-order valence-corrected chi connectivity index (χ4v) is 3.98. The van der Waals surface area contributed by atoms with Crippen LogP contribution in [-0.2, 0) is 4.79 Å². The molecule has 2 heterocycles. The summed E-state index contributed by atoms with van der Waals surface area (Å²) < 4.78 is 28.2. The van der Waals surface area contributed by atoms with Gasteiger partial charge in [-0.25, -0.2) is 23.1 Å². The third-order valence-corrected chi connectivity index (χ3v) is 6.12. The molecule has 188 valence electrons. The Labute approximate surface area is 207 Å². The Hall–Kier alpha value is -3.80. The van der Waals surface area contributed by atoms with Gasteiger partial charge in [0.25, 0.3) is 0 Å². The smallest absolute Gasteiger partial charge is 0.329 e. The average Bonchev–Trinajstić information content (AvgIpc) is 3.38. The van der Waals surface area contributed by atoms with E-state index in [1.165, 1.54) is 6.08 Å². The Balaban J connectivity index is 1.82. The number of hydrogen-bond acceptors (Lipinski definition) is 6. The molecule has 0 radical (unpaired) electrons. The number of benzene rings is 2. The maximum absolute atomic E-state index is 14.0. The second kappa shape index (κ2) is 10.1. The summed E-state index contributed by atoms with van der Waals surface area (Å²) in [6, 6.07) is 3.30. The van der Waals surface area contributed by atoms with Crippen LogP contribution < -0.4 is 21.6 Å². The van der Waals surface area contributed by atoms with Gasteiger partial charge in [0.15, 0.2) is 11.6 Å². The first-order valence-electron chi connectivity index (χ1n) is 10.7. The van der Waals surface area contributed by atoms with Crippen LogP contribution in [0.1, 0.15) is 22.9 Å². The zero-order valence-electron chi connectivity index (χ0n) is 18.8. The van der Waals surface area contributed by atoms with Crippen molar-refractivity contribution in [2.24, 2.45) is 4.99 Å². The molecular weight excluding hydrogens is 498 g/mol. The molecule has 9 nitrogen and oxygen atoms in total. The van der Waals surface area contributed by atoms with Crippen LogP contribution in [0.3, 0.4) is 0 Å². The number of carbonyl (C=O) groups excluding carboxylic acids is 1. The highest BCUT2D eigenvalue weighted by molar-refractivity contribution is 6.31. The standard InChI is InChI=1S/C24H21ClF2N4O5/c1-11-16(25)4-2-12-6-14(28-20(11)12)8-19-23(35)31(24(36)30-19)21(22(34)29-15(9-32)10-33)13-3-5-17(26)18(27)7-13/h2-8,15,21,32-33,35H,9-10H2,1H3,(H,29,34)(H,30,36)/b14-8-. The number of carbonyl (C=O) groups is 1. The molecular formula is C24H21ClF2N4O5. The number of nitrogens with one attached hydrogen (secondary N) is 2. The van der Waals surface area contributed by atoms with Gasteiger partial charge in [-0.05, 0) is 48.4 Å². The van der Waals surface area contributed by atoms with Gasteiger partial charge < -0.3 is 25.6 Å². The number of amides is 1. The quantitative estimate of drug-likeness (QED) is 0.312. The first kappa shape index (κ1) is 25.3. The maximum atomic E-state index is 14.0. The van der Waals surface area contributed by atoms with Crippen LogP contribution in [0.5, 0.6) is 5.88 Å². The van der Waals surface area contributed by atoms with E-state index in [4.69, 9.17) is 11.6 Å². The molecule has 0 bridgehead atoms. The van der Waals surface area contributed by atoms with Crippen molar-refractivity contribution in [2.45, 2.75) is 19.0 Å². The van der Waals surface area contributed by atoms with Gasteiger partial charge in [0.1, 0.15) is 11.7 Å². The normalized spacial score (nSPS) is 14.5. The van der Waals surface area contributed by atoms with Gasteiger partial charge in [0, 0.05) is 10.2 Å². The van der Waals surface area contributed by atoms with E-state index < -0.39 is 54.4 Å². The molecule has 1 aromatic heterocycles. The van der Waals surface area contributed by atoms with Gasteiger partial charge in [-0.15, -0.1) is 0 Å². The van der Waals surface area contributed by atoms with Gasteiger partial charge in [-0.3, -0.25) is 4.79 Å². The first-order valence-corrected chi connectivity index (χ1v) is 11.1. The molecule has 1 aliphatic rings. The third-order valence-electron chi connectivity index (χ3n) is 5.72. The molecule has 0 saturated heterocycles. The second-order valence-corrected chi connectivity index (χ2v) is 8.53. The minimum atomic E-state index is -1.67. The highest BCUT2D eigenvalue weighted by Gasteiger charge is 2.30. The van der Waals surface area contributed by atoms with E-state index in [-0.39, 0.29) is 11.3 Å². The van der Waals surface area contributed by atoms with Crippen molar-refractivity contribution in [3.8, 4) is 5.88 Å². The number of halogens is 3. The van der Waals surface area contributed by atoms with Crippen molar-refractivity contribution in [2.75, 3.05) is 13.2 Å². The van der Waals surface area contributed by atoms with E-state index in [1.807, 2.05) is 0 Å². The lowest BCUT2D eigenvalue weighted by Crippen LogP contribution is -2.45. The minimum absolute atomic E-state index is 0.0900. The Morgan fingerprint density at radius 2 is 1.94 bits per heavy atom. The Kier molecular flexibility index (Phi) is 7.07. The van der Waals surface area contributed by atoms with Gasteiger partial charge in [0.2, 0.25) is 11.8 Å². The highest BCUT2D eigenvalue weighted by atomic mass is 35.5. The molecule has 1 unspecified atom stereocenters. The van der Waals surface area contributed by atoms with Gasteiger partial charge in [-0.2, -0.15) is 0 Å². The molecule has 0 saturated carbocycles. The molecule has 0 fully saturated rings. The summed E-state index contributed by atoms with van der Waals surface area (Å²) in [6.45, 7) is 0.549. The molecule has 0 spiro atoms. The molecule has 1 amide bonds. The summed E-state index contributed by atoms with van der Waals surface area (Å²) in [5.41, 5.74) is -0.0437. The van der Waals surface area contributed by atoms with Crippen LogP contribution in [0.15, 0.2) is 45.8 Å². The fourth-order valence-electron chi connectivity index (χ4n) is 3.83. The van der Waals surface area contributed by atoms with Crippen molar-refractivity contribution in [1.29, 1.82) is 0 Å². The Bertz CT molecular complexity index is 1560. The maximum Gasteiger partial charge on any atom is 0.329 e. The Morgan fingerprint density at radius 1 is 1.22 bits per heavy atom. The van der Waals surface area contributed by atoms with Crippen LogP contribution in [0.2, 0.25) is 5.02 Å². The SMILES string of the molecule is Cc1c(Cl)ccc2c1=N/C(=C\c1[nH]c(=O)n(C(C(=O)NC(CO)CO)c3ccc(F)c(F)c3)c1O)C=2. The van der Waals surface area contributed by atoms with E-state index in [0.29, 0.717) is 26.7 Å². The molecule has 2 aromatic carbocycles. The van der Waals surface area contributed by atoms with Crippen LogP contribution in [0, 0.1) is 18.6 Å². The lowest BCUT2D eigenvalue weighted by molar-refractivity contribution is -0.124. The van der Waals surface area contributed by atoms with Gasteiger partial charge >= 0.3 is 5.69 Å². The van der Waals surface area contributed by atoms with E-state index in [0.717, 1.165) is 22.9 Å². The number of nitrogens with zero attached hydrogens (tertiary/aromatic N) is 2. The van der Waals surface area contributed by atoms with E-state index in [1.54, 1.807) is 25.1 Å². The van der Waals surface area contributed by atoms with Crippen molar-refractivity contribution in [3.05, 3.63) is 90.6 Å². The molecule has 3 aromatic rings. The lowest BCUT2D eigenvalue weighted by atomic mass is 10.0. The topological polar surface area (TPSA) is 140 Å². The summed E-state index contributed by atoms with van der Waals surface area (Å²) in [5, 5.41) is 33.8. The number of aromatic nitrogens is 2. The highest BCUT2D eigenvalue weighted by Crippen LogP contribution is 2.27. The van der Waals surface area contributed by atoms with Crippen molar-refractivity contribution < 1.29 is 28.9 Å². The number of allylic oxidation sites excluding steroid dienone is 1. The van der Waals surface area contributed by atoms with Crippen LogP contribution in [0.25, 0.3) is 12.2 Å². The van der Waals surface area contributed by atoms with Crippen LogP contribution in [-0.4, -0.2) is 50.0 Å². The molecule has 4 rings (SSSR count). The van der Waals surface area contributed by atoms with Crippen LogP contribution >= 0.6 is 11.6 Å². The van der Waals surface area contributed by atoms with Crippen LogP contribution in [0.4, 0.5) is 8.78 Å². The molecule has 1 aliphatic heterocycles. The molecule has 0 aliphatic carbocycles. The predicted octanol–water partition coefficient (Wildman–Crippen LogP) is 0.636. The number of H-pyrrole nitrogens is 1. The number of aromatic amines is 1. The van der Waals surface area contributed by atoms with Crippen molar-refractivity contribution >= 4 is 29.7 Å². The van der Waals surface area contributed by atoms with Gasteiger partial charge in [0.05, 0.1) is 30.3 Å². The number of aliphatic hydroxyl groups excluding tert-OH is 2. The molecule has 12 heteroatoms. The minimum Gasteiger partial charge on any atom is -0.493 e. The Morgan fingerprint density at radius 3 is 2.61 bits per heavy atom. The molecule has 1 atom stereocenters. The first-order chi connectivity index (χ1) is 17.1. The van der Waals surface area contributed by atoms with Crippen molar-refractivity contribution in [1.82, 2.24) is 14.9 Å². The van der Waals surface area contributed by atoms with E-state index in [9.17, 15) is 33.7 Å². The van der Waals surface area contributed by atoms with Gasteiger partial charge in [-0.1, -0.05) is 23.7 Å². The summed E-state index contributed by atoms with van der Waals surface area (Å²) in [5.74, 6) is -4.08. The van der Waals surface area contributed by atoms with E-state index in [2.05, 4.69) is 15.3 Å². The second-order valence-electron chi connectivity index (χ2n) is 8.12. The number of aliphatic hydroxyl groups is 2. The summed E-state index contributed by atoms with van der Waals surface area (Å²) in [4.78, 5) is 32.8. The lowest BCUT2D eigenvalue weighted by Gasteiger charge is -2.22. The average molecular weight is 519 g/mol. The monoisotopic (exact) mass is 518 g/mol. The molecule has 36 heavy (non-hydrogen) atoms. The number of aromatic hydroxyl groups is 1.